The maximum atomic E-state index is 6.53. The van der Waals surface area contributed by atoms with E-state index in [1.807, 2.05) is 64.0 Å². The summed E-state index contributed by atoms with van der Waals surface area (Å²) < 4.78 is 21.6. The molecule has 0 unspecified atom stereocenters. The summed E-state index contributed by atoms with van der Waals surface area (Å²) in [6.07, 6.45) is 0. The number of nitrogens with zero attached hydrogens (tertiary/aromatic N) is 4. The van der Waals surface area contributed by atoms with Gasteiger partial charge in [0.15, 0.2) is 36.5 Å². The quantitative estimate of drug-likeness (QED) is 0.0924. The number of azo groups is 4. The molecule has 0 atom stereocenters. The molecule has 0 spiro atoms. The standard InChI is InChI=1S/C29H29N2OSi.C20H17N2O2/c1-29(2,3)31-22-32-28-26(30-31)20-13-21-27(28)33(23-14-7-4-8-15-23,24-16-9-5-10-17-24)25-18-11-6-12-19-25;1-23-17-12-10-16(11-13-17)22-14-24-20-18(8-5-9-19(20)21-22)15-6-3-2-4-7-15/h4-21H,22H2,1-3H3;2-13H,14H2,1H3/q2*+1. The molecule has 7 aromatic rings. The molecule has 7 aromatic carbocycles. The van der Waals surface area contributed by atoms with Crippen molar-refractivity contribution in [1.82, 2.24) is 0 Å². The predicted octanol–water partition coefficient (Wildman–Crippen LogP) is 9.45. The van der Waals surface area contributed by atoms with Crippen LogP contribution in [0.5, 0.6) is 17.2 Å². The van der Waals surface area contributed by atoms with E-state index in [0.29, 0.717) is 13.5 Å². The first-order valence-electron chi connectivity index (χ1n) is 19.2. The van der Waals surface area contributed by atoms with Crippen molar-refractivity contribution in [3.8, 4) is 28.4 Å². The maximum absolute atomic E-state index is 6.53. The van der Waals surface area contributed by atoms with Gasteiger partial charge in [-0.15, -0.1) is 0 Å². The van der Waals surface area contributed by atoms with Gasteiger partial charge in [-0.3, -0.25) is 0 Å². The lowest BCUT2D eigenvalue weighted by atomic mass is 10.0. The highest BCUT2D eigenvalue weighted by atomic mass is 28.3. The summed E-state index contributed by atoms with van der Waals surface area (Å²) in [6, 6.07) is 63.2. The van der Waals surface area contributed by atoms with Gasteiger partial charge in [-0.2, -0.15) is 0 Å². The van der Waals surface area contributed by atoms with E-state index in [-0.39, 0.29) is 5.54 Å². The molecule has 0 saturated carbocycles. The summed E-state index contributed by atoms with van der Waals surface area (Å²) in [7, 11) is -0.993. The minimum atomic E-state index is -2.65. The van der Waals surface area contributed by atoms with Crippen LogP contribution < -0.4 is 35.0 Å². The molecule has 0 N–H and O–H groups in total. The lowest BCUT2D eigenvalue weighted by Crippen LogP contribution is -2.75. The Balaban J connectivity index is 0.000000168. The number of para-hydroxylation sites is 2. The maximum Gasteiger partial charge on any atom is 0.317 e. The molecule has 282 valence electrons. The van der Waals surface area contributed by atoms with Crippen molar-refractivity contribution >= 4 is 45.9 Å². The Morgan fingerprint density at radius 1 is 0.526 bits per heavy atom. The van der Waals surface area contributed by atoms with Crippen LogP contribution in [0.2, 0.25) is 0 Å². The zero-order chi connectivity index (χ0) is 39.2. The summed E-state index contributed by atoms with van der Waals surface area (Å²) in [6.45, 7) is 7.29. The zero-order valence-corrected chi connectivity index (χ0v) is 33.7. The summed E-state index contributed by atoms with van der Waals surface area (Å²) in [5.41, 5.74) is 4.77. The molecule has 2 heterocycles. The Hall–Kier alpha value is -6.64. The predicted molar refractivity (Wildman–Crippen MR) is 230 cm³/mol. The van der Waals surface area contributed by atoms with Gasteiger partial charge in [0.1, 0.15) is 5.75 Å². The van der Waals surface area contributed by atoms with Crippen LogP contribution in [0, 0.1) is 0 Å². The van der Waals surface area contributed by atoms with E-state index in [0.717, 1.165) is 45.4 Å². The molecule has 7 nitrogen and oxygen atoms in total. The summed E-state index contributed by atoms with van der Waals surface area (Å²) in [5.74, 6) is 2.55. The Labute approximate surface area is 335 Å². The first-order valence-corrected chi connectivity index (χ1v) is 21.2. The van der Waals surface area contributed by atoms with Gasteiger partial charge in [0.2, 0.25) is 5.69 Å². The highest BCUT2D eigenvalue weighted by molar-refractivity contribution is 7.20. The molecule has 0 radical (unpaired) electrons. The van der Waals surface area contributed by atoms with Crippen molar-refractivity contribution in [1.29, 1.82) is 0 Å². The first kappa shape index (κ1) is 37.3. The Morgan fingerprint density at radius 2 is 1.04 bits per heavy atom. The van der Waals surface area contributed by atoms with Gasteiger partial charge in [0.25, 0.3) is 0 Å². The van der Waals surface area contributed by atoms with Crippen molar-refractivity contribution in [2.24, 2.45) is 10.2 Å². The van der Waals surface area contributed by atoms with Crippen molar-refractivity contribution < 1.29 is 23.6 Å². The normalized spacial score (nSPS) is 13.3. The van der Waals surface area contributed by atoms with Gasteiger partial charge in [0, 0.05) is 48.7 Å². The number of benzene rings is 7. The average Bonchev–Trinajstić information content (AvgIpc) is 3.27. The van der Waals surface area contributed by atoms with Gasteiger partial charge >= 0.3 is 13.5 Å². The smallest absolute Gasteiger partial charge is 0.317 e. The van der Waals surface area contributed by atoms with E-state index in [1.165, 1.54) is 20.7 Å². The van der Waals surface area contributed by atoms with Gasteiger partial charge < -0.3 is 14.2 Å². The third-order valence-electron chi connectivity index (χ3n) is 10.4. The highest BCUT2D eigenvalue weighted by Gasteiger charge is 2.45. The van der Waals surface area contributed by atoms with Crippen LogP contribution >= 0.6 is 0 Å². The van der Waals surface area contributed by atoms with Crippen molar-refractivity contribution in [2.75, 3.05) is 20.6 Å². The molecule has 0 amide bonds. The molecule has 0 aliphatic carbocycles. The molecule has 0 aromatic heterocycles. The first-order chi connectivity index (χ1) is 27.9. The Kier molecular flexibility index (Phi) is 10.6. The fourth-order valence-corrected chi connectivity index (χ4v) is 12.4. The monoisotopic (exact) mass is 766 g/mol. The lowest BCUT2D eigenvalue weighted by molar-refractivity contribution is -0.677. The molecule has 57 heavy (non-hydrogen) atoms. The number of fused-ring (bicyclic) bond motifs is 2. The number of rotatable bonds is 7. The van der Waals surface area contributed by atoms with Crippen molar-refractivity contribution in [3.05, 3.63) is 182 Å². The molecule has 0 bridgehead atoms. The average molecular weight is 767 g/mol. The van der Waals surface area contributed by atoms with Crippen molar-refractivity contribution in [3.63, 3.8) is 0 Å². The number of methoxy groups -OCH3 is 1. The van der Waals surface area contributed by atoms with Crippen LogP contribution in [0.4, 0.5) is 17.1 Å². The minimum Gasteiger partial charge on any atom is -0.497 e. The van der Waals surface area contributed by atoms with Crippen LogP contribution in [0.15, 0.2) is 192 Å². The summed E-state index contributed by atoms with van der Waals surface area (Å²) in [5, 5.41) is 15.0. The molecular weight excluding hydrogens is 721 g/mol. The second-order valence-electron chi connectivity index (χ2n) is 14.9. The molecule has 2 aliphatic heterocycles. The molecule has 0 saturated heterocycles. The van der Waals surface area contributed by atoms with Crippen LogP contribution in [0.1, 0.15) is 20.8 Å². The van der Waals surface area contributed by atoms with Gasteiger partial charge in [-0.25, -0.2) is 0 Å². The molecule has 0 fully saturated rings. The largest absolute Gasteiger partial charge is 0.497 e. The van der Waals surface area contributed by atoms with Crippen LogP contribution in [-0.2, 0) is 0 Å². The number of ether oxygens (including phenoxy) is 3. The SMILES string of the molecule is CC(C)(C)[N+]1=Nc2cccc([Si](c3ccccc3)(c3ccccc3)c3ccccc3)c2OC1.COc1ccc([N+]2=Nc3cccc(-c4ccccc4)c3OC2)cc1. The third kappa shape index (κ3) is 7.52. The van der Waals surface area contributed by atoms with Gasteiger partial charge in [-0.05, 0) is 55.3 Å². The second kappa shape index (κ2) is 16.2. The molecular formula is C49H46N4O3Si+2. The van der Waals surface area contributed by atoms with Crippen molar-refractivity contribution in [2.45, 2.75) is 26.3 Å². The van der Waals surface area contributed by atoms with Gasteiger partial charge in [-0.1, -0.05) is 150 Å². The minimum absolute atomic E-state index is 0.111. The van der Waals surface area contributed by atoms with E-state index >= 15 is 0 Å². The number of hydrogen-bond donors (Lipinski definition) is 0. The summed E-state index contributed by atoms with van der Waals surface area (Å²) >= 11 is 0. The fraction of sp³-hybridized carbons (Fsp3) is 0.143. The van der Waals surface area contributed by atoms with E-state index in [4.69, 9.17) is 24.4 Å². The van der Waals surface area contributed by atoms with Crippen LogP contribution in [0.3, 0.4) is 0 Å². The Morgan fingerprint density at radius 3 is 1.58 bits per heavy atom. The van der Waals surface area contributed by atoms with Crippen LogP contribution in [-0.4, -0.2) is 43.6 Å². The van der Waals surface area contributed by atoms with Gasteiger partial charge in [0.05, 0.1) is 7.11 Å². The second-order valence-corrected chi connectivity index (χ2v) is 18.7. The molecule has 8 heteroatoms. The third-order valence-corrected chi connectivity index (χ3v) is 15.2. The fourth-order valence-electron chi connectivity index (χ4n) is 7.48. The van der Waals surface area contributed by atoms with E-state index in [1.54, 1.807) is 7.11 Å². The van der Waals surface area contributed by atoms with E-state index in [9.17, 15) is 0 Å². The summed E-state index contributed by atoms with van der Waals surface area (Å²) in [4.78, 5) is 0. The Bertz CT molecular complexity index is 2420. The molecule has 9 rings (SSSR count). The zero-order valence-electron chi connectivity index (χ0n) is 32.7. The lowest BCUT2D eigenvalue weighted by Gasteiger charge is -2.36. The van der Waals surface area contributed by atoms with E-state index in [2.05, 4.69) is 148 Å². The van der Waals surface area contributed by atoms with E-state index < -0.39 is 8.07 Å². The topological polar surface area (TPSA) is 58.4 Å². The van der Waals surface area contributed by atoms with Crippen LogP contribution in [0.25, 0.3) is 11.1 Å². The highest BCUT2D eigenvalue weighted by Crippen LogP contribution is 2.41. The number of hydrogen-bond acceptors (Lipinski definition) is 5. The molecule has 2 aliphatic rings.